The summed E-state index contributed by atoms with van der Waals surface area (Å²) in [5.74, 6) is 0.0242. The number of nitrogens with zero attached hydrogens (tertiary/aromatic N) is 2. The normalized spacial score (nSPS) is 12.8. The molecule has 0 bridgehead atoms. The summed E-state index contributed by atoms with van der Waals surface area (Å²) < 4.78 is 63.0. The van der Waals surface area contributed by atoms with Gasteiger partial charge >= 0.3 is 6.18 Å². The molecule has 110 valence electrons. The smallest absolute Gasteiger partial charge is 0.271 e. The van der Waals surface area contributed by atoms with Gasteiger partial charge in [-0.1, -0.05) is 13.3 Å². The van der Waals surface area contributed by atoms with Crippen molar-refractivity contribution < 1.29 is 21.6 Å². The maximum absolute atomic E-state index is 12.3. The molecule has 0 atom stereocenters. The molecular weight excluding hydrogens is 283 g/mol. The molecule has 0 saturated heterocycles. The molecule has 1 aromatic rings. The van der Waals surface area contributed by atoms with E-state index in [9.17, 15) is 21.6 Å². The van der Waals surface area contributed by atoms with Crippen LogP contribution >= 0.6 is 0 Å². The molecule has 0 saturated carbocycles. The van der Waals surface area contributed by atoms with Crippen LogP contribution in [0.4, 0.5) is 13.2 Å². The molecule has 0 aliphatic heterocycles. The lowest BCUT2D eigenvalue weighted by atomic mass is 10.4. The Morgan fingerprint density at radius 2 is 2.11 bits per heavy atom. The number of nitrogens with one attached hydrogen (secondary N) is 1. The lowest BCUT2D eigenvalue weighted by molar-refractivity contribution is -0.141. The number of hydrogen-bond donors (Lipinski definition) is 1. The predicted molar refractivity (Wildman–Crippen MR) is 63.9 cm³/mol. The van der Waals surface area contributed by atoms with Crippen molar-refractivity contribution in [3.8, 4) is 0 Å². The van der Waals surface area contributed by atoms with Gasteiger partial charge in [0.25, 0.3) is 0 Å². The molecular formula is C10H16F3N3O2S. The standard InChI is InChI=1S/C10H16F3N3O2S/c1-2-3-8-19(17,18)14-5-7-16-6-4-9(15-16)10(11,12)13/h4,6,14H,2-3,5,7-8H2,1H3. The van der Waals surface area contributed by atoms with E-state index in [1.807, 2.05) is 6.92 Å². The first-order valence-corrected chi connectivity index (χ1v) is 7.48. The van der Waals surface area contributed by atoms with Crippen LogP contribution in [0.15, 0.2) is 12.3 Å². The second-order valence-electron chi connectivity index (χ2n) is 4.03. The topological polar surface area (TPSA) is 64.0 Å². The van der Waals surface area contributed by atoms with Crippen LogP contribution in [0.25, 0.3) is 0 Å². The van der Waals surface area contributed by atoms with Gasteiger partial charge < -0.3 is 0 Å². The highest BCUT2D eigenvalue weighted by Crippen LogP contribution is 2.27. The summed E-state index contributed by atoms with van der Waals surface area (Å²) in [5, 5.41) is 3.32. The molecule has 5 nitrogen and oxygen atoms in total. The summed E-state index contributed by atoms with van der Waals surface area (Å²) in [4.78, 5) is 0. The highest BCUT2D eigenvalue weighted by molar-refractivity contribution is 7.89. The van der Waals surface area contributed by atoms with Crippen LogP contribution in [-0.4, -0.2) is 30.5 Å². The van der Waals surface area contributed by atoms with Crippen LogP contribution in [0, 0.1) is 0 Å². The Morgan fingerprint density at radius 1 is 1.42 bits per heavy atom. The Hall–Kier alpha value is -1.09. The van der Waals surface area contributed by atoms with E-state index < -0.39 is 21.9 Å². The van der Waals surface area contributed by atoms with Crippen molar-refractivity contribution in [2.45, 2.75) is 32.5 Å². The summed E-state index contributed by atoms with van der Waals surface area (Å²) in [7, 11) is -3.35. The van der Waals surface area contributed by atoms with E-state index in [1.165, 1.54) is 6.20 Å². The number of aromatic nitrogens is 2. The maximum atomic E-state index is 12.3. The first-order chi connectivity index (χ1) is 8.74. The third-order valence-electron chi connectivity index (χ3n) is 2.36. The highest BCUT2D eigenvalue weighted by atomic mass is 32.2. The molecule has 1 rings (SSSR count). The van der Waals surface area contributed by atoms with E-state index in [0.717, 1.165) is 17.2 Å². The molecule has 0 unspecified atom stereocenters. The summed E-state index contributed by atoms with van der Waals surface area (Å²) in [5.41, 5.74) is -0.985. The van der Waals surface area contributed by atoms with Gasteiger partial charge in [0.2, 0.25) is 10.0 Å². The van der Waals surface area contributed by atoms with Gasteiger partial charge in [-0.15, -0.1) is 0 Å². The fourth-order valence-electron chi connectivity index (χ4n) is 1.36. The zero-order chi connectivity index (χ0) is 14.5. The molecule has 9 heteroatoms. The number of rotatable bonds is 7. The van der Waals surface area contributed by atoms with E-state index in [2.05, 4.69) is 9.82 Å². The molecule has 0 fully saturated rings. The number of halogens is 3. The quantitative estimate of drug-likeness (QED) is 0.832. The van der Waals surface area contributed by atoms with E-state index in [-0.39, 0.29) is 18.8 Å². The molecule has 19 heavy (non-hydrogen) atoms. The minimum Gasteiger partial charge on any atom is -0.271 e. The van der Waals surface area contributed by atoms with Crippen molar-refractivity contribution in [1.29, 1.82) is 0 Å². The molecule has 0 aliphatic carbocycles. The molecule has 0 amide bonds. The van der Waals surface area contributed by atoms with Crippen molar-refractivity contribution >= 4 is 10.0 Å². The minimum atomic E-state index is -4.48. The first kappa shape index (κ1) is 16.0. The summed E-state index contributed by atoms with van der Waals surface area (Å²) in [6, 6.07) is 0.853. The Morgan fingerprint density at radius 3 is 2.63 bits per heavy atom. The van der Waals surface area contributed by atoms with Crippen LogP contribution in [-0.2, 0) is 22.7 Å². The molecule has 1 aromatic heterocycles. The number of hydrogen-bond acceptors (Lipinski definition) is 3. The zero-order valence-electron chi connectivity index (χ0n) is 10.4. The average Bonchev–Trinajstić information content (AvgIpc) is 2.74. The Balaban J connectivity index is 2.44. The second-order valence-corrected chi connectivity index (χ2v) is 5.95. The minimum absolute atomic E-state index is 0.0189. The molecule has 1 heterocycles. The highest BCUT2D eigenvalue weighted by Gasteiger charge is 2.33. The number of unbranched alkanes of at least 4 members (excludes halogenated alkanes) is 1. The first-order valence-electron chi connectivity index (χ1n) is 5.82. The summed E-state index contributed by atoms with van der Waals surface area (Å²) in [6.07, 6.45) is -2.00. The van der Waals surface area contributed by atoms with Gasteiger partial charge in [0.15, 0.2) is 5.69 Å². The van der Waals surface area contributed by atoms with Gasteiger partial charge in [-0.05, 0) is 12.5 Å². The third kappa shape index (κ3) is 5.60. The van der Waals surface area contributed by atoms with Gasteiger partial charge in [-0.2, -0.15) is 18.3 Å². The van der Waals surface area contributed by atoms with Crippen molar-refractivity contribution in [3.63, 3.8) is 0 Å². The van der Waals surface area contributed by atoms with Gasteiger partial charge in [0.1, 0.15) is 0 Å². The zero-order valence-corrected chi connectivity index (χ0v) is 11.3. The molecule has 0 aromatic carbocycles. The van der Waals surface area contributed by atoms with Crippen molar-refractivity contribution in [2.75, 3.05) is 12.3 Å². The lowest BCUT2D eigenvalue weighted by Gasteiger charge is -2.06. The Labute approximate surface area is 109 Å². The molecule has 0 spiro atoms. The Bertz CT molecular complexity index is 496. The van der Waals surface area contributed by atoms with Gasteiger partial charge in [0, 0.05) is 12.7 Å². The van der Waals surface area contributed by atoms with Crippen LogP contribution < -0.4 is 4.72 Å². The van der Waals surface area contributed by atoms with Crippen molar-refractivity contribution in [3.05, 3.63) is 18.0 Å². The number of sulfonamides is 1. The van der Waals surface area contributed by atoms with Crippen molar-refractivity contribution in [1.82, 2.24) is 14.5 Å². The Kier molecular flexibility index (Phi) is 5.36. The maximum Gasteiger partial charge on any atom is 0.435 e. The summed E-state index contributed by atoms with van der Waals surface area (Å²) in [6.45, 7) is 1.95. The van der Waals surface area contributed by atoms with Crippen molar-refractivity contribution in [2.24, 2.45) is 0 Å². The second kappa shape index (κ2) is 6.38. The fourth-order valence-corrected chi connectivity index (χ4v) is 2.57. The summed E-state index contributed by atoms with van der Waals surface area (Å²) >= 11 is 0. The lowest BCUT2D eigenvalue weighted by Crippen LogP contribution is -2.29. The predicted octanol–water partition coefficient (Wildman–Crippen LogP) is 1.62. The molecule has 0 radical (unpaired) electrons. The van der Waals surface area contributed by atoms with E-state index >= 15 is 0 Å². The van der Waals surface area contributed by atoms with E-state index in [0.29, 0.717) is 6.42 Å². The number of alkyl halides is 3. The largest absolute Gasteiger partial charge is 0.435 e. The van der Waals surface area contributed by atoms with Crippen LogP contribution in [0.3, 0.4) is 0 Å². The van der Waals surface area contributed by atoms with Gasteiger partial charge in [0.05, 0.1) is 12.3 Å². The van der Waals surface area contributed by atoms with Crippen LogP contribution in [0.2, 0.25) is 0 Å². The van der Waals surface area contributed by atoms with Gasteiger partial charge in [-0.3, -0.25) is 4.68 Å². The van der Waals surface area contributed by atoms with E-state index in [1.54, 1.807) is 0 Å². The van der Waals surface area contributed by atoms with Crippen LogP contribution in [0.5, 0.6) is 0 Å². The fraction of sp³-hybridized carbons (Fsp3) is 0.700. The SMILES string of the molecule is CCCCS(=O)(=O)NCCn1ccc(C(F)(F)F)n1. The average molecular weight is 299 g/mol. The monoisotopic (exact) mass is 299 g/mol. The molecule has 1 N–H and O–H groups in total. The van der Waals surface area contributed by atoms with E-state index in [4.69, 9.17) is 0 Å². The third-order valence-corrected chi connectivity index (χ3v) is 3.83. The molecule has 0 aliphatic rings. The van der Waals surface area contributed by atoms with Gasteiger partial charge in [-0.25, -0.2) is 13.1 Å². The van der Waals surface area contributed by atoms with Crippen LogP contribution in [0.1, 0.15) is 25.5 Å².